The fourth-order valence-electron chi connectivity index (χ4n) is 3.32. The van der Waals surface area contributed by atoms with Gasteiger partial charge in [-0.2, -0.15) is 0 Å². The number of carbonyl (C=O) groups is 2. The average molecular weight is 376 g/mol. The van der Waals surface area contributed by atoms with E-state index in [4.69, 9.17) is 4.74 Å². The Kier molecular flexibility index (Phi) is 6.43. The van der Waals surface area contributed by atoms with Crippen LogP contribution in [0, 0.1) is 6.92 Å². The van der Waals surface area contributed by atoms with Gasteiger partial charge in [0.05, 0.1) is 0 Å². The van der Waals surface area contributed by atoms with Crippen LogP contribution in [-0.4, -0.2) is 16.9 Å². The van der Waals surface area contributed by atoms with Crippen molar-refractivity contribution < 1.29 is 19.4 Å². The molecule has 0 spiro atoms. The number of hydrogen-bond donors (Lipinski definition) is 1. The summed E-state index contributed by atoms with van der Waals surface area (Å²) in [5.41, 5.74) is 2.21. The molecule has 0 aromatic heterocycles. The van der Waals surface area contributed by atoms with Gasteiger partial charge in [0, 0.05) is 12.8 Å². The van der Waals surface area contributed by atoms with Crippen LogP contribution in [0.5, 0.6) is 5.75 Å². The lowest BCUT2D eigenvalue weighted by molar-refractivity contribution is -0.114. The summed E-state index contributed by atoms with van der Waals surface area (Å²) < 4.78 is 5.78. The maximum Gasteiger partial charge on any atom is 0.342 e. The van der Waals surface area contributed by atoms with Gasteiger partial charge in [-0.05, 0) is 48.6 Å². The Bertz CT molecular complexity index is 910. The minimum Gasteiger partial charge on any atom is -0.507 e. The zero-order chi connectivity index (χ0) is 19.9. The SMILES string of the molecule is Cc1cc(O)c2c(c1)CC(=O)/C=C/CC/C=C/CC(c1ccccc1)OC2=O. The van der Waals surface area contributed by atoms with E-state index in [-0.39, 0.29) is 23.5 Å². The molecule has 1 aliphatic rings. The molecule has 0 fully saturated rings. The summed E-state index contributed by atoms with van der Waals surface area (Å²) in [6.07, 6.45) is 9.11. The smallest absolute Gasteiger partial charge is 0.342 e. The van der Waals surface area contributed by atoms with Crippen LogP contribution < -0.4 is 0 Å². The predicted molar refractivity (Wildman–Crippen MR) is 108 cm³/mol. The van der Waals surface area contributed by atoms with Gasteiger partial charge in [-0.25, -0.2) is 4.79 Å². The molecule has 0 aliphatic carbocycles. The zero-order valence-electron chi connectivity index (χ0n) is 15.9. The molecule has 1 aliphatic heterocycles. The number of benzene rings is 2. The largest absolute Gasteiger partial charge is 0.507 e. The number of phenols is 1. The van der Waals surface area contributed by atoms with Crippen LogP contribution in [0.1, 0.15) is 52.4 Å². The van der Waals surface area contributed by atoms with Gasteiger partial charge in [0.1, 0.15) is 17.4 Å². The van der Waals surface area contributed by atoms with E-state index in [1.807, 2.05) is 55.5 Å². The van der Waals surface area contributed by atoms with Crippen molar-refractivity contribution >= 4 is 11.8 Å². The lowest BCUT2D eigenvalue weighted by atomic mass is 9.98. The minimum atomic E-state index is -0.622. The molecule has 0 amide bonds. The summed E-state index contributed by atoms with van der Waals surface area (Å²) in [4.78, 5) is 25.3. The number of cyclic esters (lactones) is 1. The number of hydrogen-bond acceptors (Lipinski definition) is 4. The molecule has 4 heteroatoms. The second-order valence-electron chi connectivity index (χ2n) is 6.95. The average Bonchev–Trinajstić information content (AvgIpc) is 2.65. The van der Waals surface area contributed by atoms with Gasteiger partial charge in [-0.1, -0.05) is 54.6 Å². The Labute approximate surface area is 165 Å². The first-order valence-corrected chi connectivity index (χ1v) is 9.47. The predicted octanol–water partition coefficient (Wildman–Crippen LogP) is 5.01. The molecule has 0 saturated carbocycles. The molecule has 1 unspecified atom stereocenters. The zero-order valence-corrected chi connectivity index (χ0v) is 15.9. The van der Waals surface area contributed by atoms with E-state index >= 15 is 0 Å². The van der Waals surface area contributed by atoms with Crippen molar-refractivity contribution in [2.24, 2.45) is 0 Å². The third-order valence-corrected chi connectivity index (χ3v) is 4.65. The van der Waals surface area contributed by atoms with E-state index in [0.717, 1.165) is 24.0 Å². The number of ketones is 1. The summed E-state index contributed by atoms with van der Waals surface area (Å²) in [5, 5.41) is 10.4. The molecule has 2 aromatic carbocycles. The normalized spacial score (nSPS) is 20.5. The van der Waals surface area contributed by atoms with E-state index in [2.05, 4.69) is 0 Å². The first kappa shape index (κ1) is 19.6. The van der Waals surface area contributed by atoms with Crippen LogP contribution in [0.25, 0.3) is 0 Å². The molecule has 4 nitrogen and oxygen atoms in total. The second kappa shape index (κ2) is 9.18. The second-order valence-corrected chi connectivity index (χ2v) is 6.95. The van der Waals surface area contributed by atoms with E-state index < -0.39 is 12.1 Å². The first-order chi connectivity index (χ1) is 13.5. The number of fused-ring (bicyclic) bond motifs is 1. The molecular formula is C24H24O4. The van der Waals surface area contributed by atoms with Crippen LogP contribution >= 0.6 is 0 Å². The molecule has 0 saturated heterocycles. The Hall–Kier alpha value is -3.14. The van der Waals surface area contributed by atoms with E-state index in [0.29, 0.717) is 12.0 Å². The standard InChI is InChI=1S/C24H24O4/c1-17-14-19-16-20(25)12-8-3-2-4-9-13-22(18-10-6-5-7-11-18)28-24(27)23(19)21(26)15-17/h4-12,14-15,22,26H,2-3,13,16H2,1H3/b9-4+,12-8+. The van der Waals surface area contributed by atoms with Gasteiger partial charge in [0.2, 0.25) is 0 Å². The van der Waals surface area contributed by atoms with Gasteiger partial charge >= 0.3 is 5.97 Å². The third-order valence-electron chi connectivity index (χ3n) is 4.65. The molecule has 144 valence electrons. The molecule has 1 N–H and O–H groups in total. The molecule has 1 heterocycles. The topological polar surface area (TPSA) is 63.6 Å². The van der Waals surface area contributed by atoms with Crippen LogP contribution in [0.4, 0.5) is 0 Å². The Morgan fingerprint density at radius 2 is 1.75 bits per heavy atom. The molecule has 3 rings (SSSR count). The maximum absolute atomic E-state index is 13.0. The molecule has 1 atom stereocenters. The van der Waals surface area contributed by atoms with Crippen LogP contribution in [-0.2, 0) is 16.0 Å². The van der Waals surface area contributed by atoms with Gasteiger partial charge in [0.15, 0.2) is 5.78 Å². The van der Waals surface area contributed by atoms with Crippen molar-refractivity contribution in [1.29, 1.82) is 0 Å². The lowest BCUT2D eigenvalue weighted by Gasteiger charge is -2.19. The van der Waals surface area contributed by atoms with Crippen LogP contribution in [0.15, 0.2) is 66.8 Å². The molecule has 0 radical (unpaired) electrons. The number of phenolic OH excluding ortho intramolecular Hbond substituents is 1. The van der Waals surface area contributed by atoms with Crippen molar-refractivity contribution in [3.8, 4) is 5.75 Å². The number of carbonyl (C=O) groups excluding carboxylic acids is 2. The van der Waals surface area contributed by atoms with Crippen molar-refractivity contribution in [3.63, 3.8) is 0 Å². The monoisotopic (exact) mass is 376 g/mol. The molecule has 2 aromatic rings. The number of aryl methyl sites for hydroxylation is 1. The van der Waals surface area contributed by atoms with E-state index in [1.165, 1.54) is 6.07 Å². The van der Waals surface area contributed by atoms with E-state index in [1.54, 1.807) is 12.1 Å². The number of allylic oxidation sites excluding steroid dienone is 3. The van der Waals surface area contributed by atoms with Gasteiger partial charge in [-0.15, -0.1) is 0 Å². The fourth-order valence-corrected chi connectivity index (χ4v) is 3.32. The summed E-state index contributed by atoms with van der Waals surface area (Å²) in [7, 11) is 0. The van der Waals surface area contributed by atoms with Gasteiger partial charge in [0.25, 0.3) is 0 Å². The lowest BCUT2D eigenvalue weighted by Crippen LogP contribution is -2.15. The number of ether oxygens (including phenoxy) is 1. The van der Waals surface area contributed by atoms with Crippen molar-refractivity contribution in [2.75, 3.05) is 0 Å². The molecular weight excluding hydrogens is 352 g/mol. The molecule has 0 bridgehead atoms. The van der Waals surface area contributed by atoms with Crippen molar-refractivity contribution in [2.45, 2.75) is 38.7 Å². The van der Waals surface area contributed by atoms with Crippen molar-refractivity contribution in [3.05, 3.63) is 89.0 Å². The number of rotatable bonds is 1. The Morgan fingerprint density at radius 3 is 2.54 bits per heavy atom. The maximum atomic E-state index is 13.0. The third kappa shape index (κ3) is 4.97. The number of aromatic hydroxyl groups is 1. The van der Waals surface area contributed by atoms with Crippen LogP contribution in [0.3, 0.4) is 0 Å². The summed E-state index contributed by atoms with van der Waals surface area (Å²) in [6, 6.07) is 12.8. The Balaban J connectivity index is 2.01. The highest BCUT2D eigenvalue weighted by molar-refractivity contribution is 5.98. The van der Waals surface area contributed by atoms with Gasteiger partial charge in [-0.3, -0.25) is 4.79 Å². The highest BCUT2D eigenvalue weighted by Crippen LogP contribution is 2.29. The van der Waals surface area contributed by atoms with E-state index in [9.17, 15) is 14.7 Å². The summed E-state index contributed by atoms with van der Waals surface area (Å²) in [5.74, 6) is -0.894. The summed E-state index contributed by atoms with van der Waals surface area (Å²) in [6.45, 7) is 1.81. The summed E-state index contributed by atoms with van der Waals surface area (Å²) >= 11 is 0. The quantitative estimate of drug-likeness (QED) is 0.561. The minimum absolute atomic E-state index is 0.0437. The molecule has 28 heavy (non-hydrogen) atoms. The van der Waals surface area contributed by atoms with Gasteiger partial charge < -0.3 is 9.84 Å². The fraction of sp³-hybridized carbons (Fsp3) is 0.250. The van der Waals surface area contributed by atoms with Crippen LogP contribution in [0.2, 0.25) is 0 Å². The first-order valence-electron chi connectivity index (χ1n) is 9.47. The van der Waals surface area contributed by atoms with Crippen molar-refractivity contribution in [1.82, 2.24) is 0 Å². The highest BCUT2D eigenvalue weighted by atomic mass is 16.5. The number of esters is 1. The Morgan fingerprint density at radius 1 is 1.00 bits per heavy atom. The highest BCUT2D eigenvalue weighted by Gasteiger charge is 2.23.